The van der Waals surface area contributed by atoms with Gasteiger partial charge in [-0.1, -0.05) is 6.92 Å². The van der Waals surface area contributed by atoms with Crippen molar-refractivity contribution in [1.29, 1.82) is 0 Å². The highest BCUT2D eigenvalue weighted by molar-refractivity contribution is 5.83. The van der Waals surface area contributed by atoms with Gasteiger partial charge in [-0.2, -0.15) is 0 Å². The largest absolute Gasteiger partial charge is 0.299 e. The van der Waals surface area contributed by atoms with Gasteiger partial charge in [-0.15, -0.1) is 12.3 Å². The summed E-state index contributed by atoms with van der Waals surface area (Å²) in [5, 5.41) is 0. The molecular weight excluding hydrogens is 112 g/mol. The highest BCUT2D eigenvalue weighted by Gasteiger charge is 2.27. The average Bonchev–Trinajstić information content (AvgIpc) is 2.13. The summed E-state index contributed by atoms with van der Waals surface area (Å²) < 4.78 is 0. The Morgan fingerprint density at radius 3 is 2.67 bits per heavy atom. The van der Waals surface area contributed by atoms with Gasteiger partial charge in [-0.05, 0) is 6.42 Å². The van der Waals surface area contributed by atoms with E-state index in [9.17, 15) is 4.79 Å². The molecule has 0 radical (unpaired) electrons. The Balaban J connectivity index is 2.57. The van der Waals surface area contributed by atoms with Crippen molar-refractivity contribution in [2.24, 2.45) is 11.8 Å². The van der Waals surface area contributed by atoms with Gasteiger partial charge in [-0.3, -0.25) is 4.79 Å². The van der Waals surface area contributed by atoms with Gasteiger partial charge in [0, 0.05) is 18.3 Å². The number of terminal acetylenes is 1. The topological polar surface area (TPSA) is 17.1 Å². The first-order valence-electron chi connectivity index (χ1n) is 3.23. The second kappa shape index (κ2) is 2.23. The number of hydrogen-bond donors (Lipinski definition) is 0. The van der Waals surface area contributed by atoms with Gasteiger partial charge in [0.25, 0.3) is 0 Å². The van der Waals surface area contributed by atoms with Crippen LogP contribution in [0.25, 0.3) is 0 Å². The molecule has 0 heterocycles. The second-order valence-electron chi connectivity index (χ2n) is 2.67. The lowest BCUT2D eigenvalue weighted by Gasteiger charge is -1.94. The maximum absolute atomic E-state index is 10.8. The molecule has 1 aliphatic rings. The molecule has 0 saturated heterocycles. The van der Waals surface area contributed by atoms with E-state index < -0.39 is 0 Å². The molecule has 9 heavy (non-hydrogen) atoms. The van der Waals surface area contributed by atoms with Crippen LogP contribution >= 0.6 is 0 Å². The Bertz CT molecular complexity index is 164. The first kappa shape index (κ1) is 6.35. The van der Waals surface area contributed by atoms with Crippen molar-refractivity contribution in [2.45, 2.75) is 19.8 Å². The van der Waals surface area contributed by atoms with Crippen molar-refractivity contribution >= 4 is 5.78 Å². The summed E-state index contributed by atoms with van der Waals surface area (Å²) in [4.78, 5) is 10.8. The number of ketones is 1. The van der Waals surface area contributed by atoms with Crippen LogP contribution in [-0.2, 0) is 4.79 Å². The van der Waals surface area contributed by atoms with Gasteiger partial charge in [0.15, 0.2) is 0 Å². The van der Waals surface area contributed by atoms with Crippen molar-refractivity contribution in [3.8, 4) is 12.3 Å². The maximum Gasteiger partial charge on any atom is 0.136 e. The molecule has 0 amide bonds. The first-order valence-corrected chi connectivity index (χ1v) is 3.23. The predicted molar refractivity (Wildman–Crippen MR) is 35.7 cm³/mol. The average molecular weight is 122 g/mol. The van der Waals surface area contributed by atoms with E-state index >= 15 is 0 Å². The molecule has 1 fully saturated rings. The van der Waals surface area contributed by atoms with Crippen molar-refractivity contribution in [2.75, 3.05) is 0 Å². The zero-order valence-electron chi connectivity index (χ0n) is 5.55. The molecule has 1 aliphatic carbocycles. The molecule has 0 aromatic carbocycles. The summed E-state index contributed by atoms with van der Waals surface area (Å²) in [7, 11) is 0. The molecule has 1 saturated carbocycles. The molecule has 0 spiro atoms. The molecule has 1 rings (SSSR count). The highest BCUT2D eigenvalue weighted by Crippen LogP contribution is 2.26. The minimum atomic E-state index is 0.214. The lowest BCUT2D eigenvalue weighted by molar-refractivity contribution is -0.120. The third-order valence-electron chi connectivity index (χ3n) is 1.87. The molecule has 1 heteroatoms. The van der Waals surface area contributed by atoms with Gasteiger partial charge in [0.1, 0.15) is 5.78 Å². The van der Waals surface area contributed by atoms with E-state index in [0.717, 1.165) is 6.42 Å². The van der Waals surface area contributed by atoms with Crippen LogP contribution in [-0.4, -0.2) is 5.78 Å². The van der Waals surface area contributed by atoms with Gasteiger partial charge < -0.3 is 0 Å². The van der Waals surface area contributed by atoms with Crippen molar-refractivity contribution in [3.63, 3.8) is 0 Å². The molecule has 48 valence electrons. The van der Waals surface area contributed by atoms with E-state index in [4.69, 9.17) is 6.42 Å². The van der Waals surface area contributed by atoms with Gasteiger partial charge in [0.05, 0.1) is 0 Å². The van der Waals surface area contributed by atoms with E-state index in [2.05, 4.69) is 5.92 Å². The quantitative estimate of drug-likeness (QED) is 0.442. The number of Topliss-reactive ketones (excluding diaryl/α,β-unsaturated/α-hetero) is 1. The fourth-order valence-electron chi connectivity index (χ4n) is 1.21. The Kier molecular flexibility index (Phi) is 1.57. The fourth-order valence-corrected chi connectivity index (χ4v) is 1.21. The maximum atomic E-state index is 10.8. The summed E-state index contributed by atoms with van der Waals surface area (Å²) in [6.45, 7) is 1.94. The minimum absolute atomic E-state index is 0.214. The number of hydrogen-bond acceptors (Lipinski definition) is 1. The zero-order valence-corrected chi connectivity index (χ0v) is 5.55. The lowest BCUT2D eigenvalue weighted by Crippen LogP contribution is -1.98. The monoisotopic (exact) mass is 122 g/mol. The van der Waals surface area contributed by atoms with Crippen LogP contribution < -0.4 is 0 Å². The third kappa shape index (κ3) is 1.13. The number of carbonyl (C=O) groups excluding carboxylic acids is 1. The van der Waals surface area contributed by atoms with E-state index in [0.29, 0.717) is 12.2 Å². The zero-order chi connectivity index (χ0) is 6.85. The third-order valence-corrected chi connectivity index (χ3v) is 1.87. The van der Waals surface area contributed by atoms with E-state index in [1.165, 1.54) is 0 Å². The molecule has 0 aromatic rings. The molecule has 0 aliphatic heterocycles. The van der Waals surface area contributed by atoms with Crippen LogP contribution in [0.3, 0.4) is 0 Å². The molecule has 2 atom stereocenters. The molecule has 2 unspecified atom stereocenters. The Morgan fingerprint density at radius 1 is 1.78 bits per heavy atom. The van der Waals surface area contributed by atoms with Crippen LogP contribution in [0.1, 0.15) is 19.8 Å². The highest BCUT2D eigenvalue weighted by atomic mass is 16.1. The van der Waals surface area contributed by atoms with Crippen LogP contribution in [0.15, 0.2) is 0 Å². The Labute approximate surface area is 55.4 Å². The normalized spacial score (nSPS) is 34.4. The van der Waals surface area contributed by atoms with Crippen LogP contribution in [0.5, 0.6) is 0 Å². The summed E-state index contributed by atoms with van der Waals surface area (Å²) in [6.07, 6.45) is 6.66. The summed E-state index contributed by atoms with van der Waals surface area (Å²) in [5.74, 6) is 3.38. The van der Waals surface area contributed by atoms with Gasteiger partial charge >= 0.3 is 0 Å². The second-order valence-corrected chi connectivity index (χ2v) is 2.67. The SMILES string of the molecule is C#CC1CC(=O)C(C)C1. The molecule has 0 N–H and O–H groups in total. The Morgan fingerprint density at radius 2 is 2.44 bits per heavy atom. The van der Waals surface area contributed by atoms with Crippen LogP contribution in [0.4, 0.5) is 0 Å². The fraction of sp³-hybridized carbons (Fsp3) is 0.625. The van der Waals surface area contributed by atoms with E-state index in [1.807, 2.05) is 6.92 Å². The van der Waals surface area contributed by atoms with E-state index in [-0.39, 0.29) is 11.8 Å². The van der Waals surface area contributed by atoms with Crippen LogP contribution in [0.2, 0.25) is 0 Å². The molecule has 0 aromatic heterocycles. The standard InChI is InChI=1S/C8H10O/c1-3-7-4-6(2)8(9)5-7/h1,6-7H,4-5H2,2H3. The van der Waals surface area contributed by atoms with E-state index in [1.54, 1.807) is 0 Å². The Hall–Kier alpha value is -0.770. The number of carbonyl (C=O) groups is 1. The van der Waals surface area contributed by atoms with Gasteiger partial charge in [0.2, 0.25) is 0 Å². The summed E-state index contributed by atoms with van der Waals surface area (Å²) in [5.41, 5.74) is 0. The van der Waals surface area contributed by atoms with Crippen LogP contribution in [0, 0.1) is 24.2 Å². The minimum Gasteiger partial charge on any atom is -0.299 e. The molecule has 1 nitrogen and oxygen atoms in total. The van der Waals surface area contributed by atoms with Crippen molar-refractivity contribution in [3.05, 3.63) is 0 Å². The summed E-state index contributed by atoms with van der Waals surface area (Å²) >= 11 is 0. The van der Waals surface area contributed by atoms with Crippen molar-refractivity contribution < 1.29 is 4.79 Å². The lowest BCUT2D eigenvalue weighted by atomic mass is 10.1. The first-order chi connectivity index (χ1) is 4.24. The van der Waals surface area contributed by atoms with Crippen molar-refractivity contribution in [1.82, 2.24) is 0 Å². The molecular formula is C8H10O. The van der Waals surface area contributed by atoms with Gasteiger partial charge in [-0.25, -0.2) is 0 Å². The predicted octanol–water partition coefficient (Wildman–Crippen LogP) is 1.23. The number of rotatable bonds is 0. The molecule has 0 bridgehead atoms. The smallest absolute Gasteiger partial charge is 0.136 e. The summed E-state index contributed by atoms with van der Waals surface area (Å²) in [6, 6.07) is 0.